The SMILES string of the molecule is Clc1ccc(COC(Oc2cccc(Cl)c2)c2ccccc2)cc1. The standard InChI is InChI=1S/C20H16Cl2O2/c21-17-11-9-15(10-12-17)14-23-20(16-5-2-1-3-6-16)24-19-8-4-7-18(22)13-19/h1-13,20H,14H2. The van der Waals surface area contributed by atoms with Gasteiger partial charge in [0.05, 0.1) is 6.61 Å². The Morgan fingerprint density at radius 2 is 1.50 bits per heavy atom. The van der Waals surface area contributed by atoms with E-state index in [1.807, 2.05) is 66.7 Å². The fourth-order valence-corrected chi connectivity index (χ4v) is 2.53. The summed E-state index contributed by atoms with van der Waals surface area (Å²) in [6, 6.07) is 24.6. The quantitative estimate of drug-likeness (QED) is 0.482. The van der Waals surface area contributed by atoms with Gasteiger partial charge in [0.2, 0.25) is 6.29 Å². The van der Waals surface area contributed by atoms with Gasteiger partial charge in [0.15, 0.2) is 0 Å². The summed E-state index contributed by atoms with van der Waals surface area (Å²) in [6.07, 6.45) is -0.527. The molecular weight excluding hydrogens is 343 g/mol. The fraction of sp³-hybridized carbons (Fsp3) is 0.100. The molecule has 1 unspecified atom stereocenters. The zero-order valence-corrected chi connectivity index (χ0v) is 14.4. The minimum Gasteiger partial charge on any atom is -0.461 e. The lowest BCUT2D eigenvalue weighted by atomic mass is 10.2. The van der Waals surface area contributed by atoms with Crippen molar-refractivity contribution in [2.75, 3.05) is 0 Å². The first kappa shape index (κ1) is 16.8. The molecule has 0 radical (unpaired) electrons. The van der Waals surface area contributed by atoms with E-state index in [1.54, 1.807) is 12.1 Å². The highest BCUT2D eigenvalue weighted by Gasteiger charge is 2.14. The largest absolute Gasteiger partial charge is 0.461 e. The van der Waals surface area contributed by atoms with Gasteiger partial charge in [-0.05, 0) is 35.9 Å². The summed E-state index contributed by atoms with van der Waals surface area (Å²) in [6.45, 7) is 0.414. The van der Waals surface area contributed by atoms with Gasteiger partial charge in [-0.25, -0.2) is 0 Å². The molecule has 0 saturated heterocycles. The molecule has 0 fully saturated rings. The second-order valence-corrected chi connectivity index (χ2v) is 6.13. The number of ether oxygens (including phenoxy) is 2. The normalized spacial score (nSPS) is 11.9. The van der Waals surface area contributed by atoms with Gasteiger partial charge in [0.25, 0.3) is 0 Å². The zero-order chi connectivity index (χ0) is 16.8. The van der Waals surface area contributed by atoms with E-state index >= 15 is 0 Å². The second kappa shape index (κ2) is 8.20. The smallest absolute Gasteiger partial charge is 0.227 e. The van der Waals surface area contributed by atoms with E-state index in [-0.39, 0.29) is 0 Å². The first-order valence-corrected chi connectivity index (χ1v) is 8.29. The van der Waals surface area contributed by atoms with Crippen LogP contribution >= 0.6 is 23.2 Å². The maximum atomic E-state index is 6.03. The number of hydrogen-bond acceptors (Lipinski definition) is 2. The van der Waals surface area contributed by atoms with Gasteiger partial charge in [-0.2, -0.15) is 0 Å². The van der Waals surface area contributed by atoms with E-state index in [0.717, 1.165) is 11.1 Å². The van der Waals surface area contributed by atoms with Gasteiger partial charge in [0.1, 0.15) is 5.75 Å². The van der Waals surface area contributed by atoms with Crippen LogP contribution in [0.1, 0.15) is 17.4 Å². The Hall–Kier alpha value is -2.00. The molecule has 0 amide bonds. The Morgan fingerprint density at radius 3 is 2.21 bits per heavy atom. The van der Waals surface area contributed by atoms with Crippen molar-refractivity contribution < 1.29 is 9.47 Å². The summed E-state index contributed by atoms with van der Waals surface area (Å²) in [5, 5.41) is 1.32. The molecule has 122 valence electrons. The predicted molar refractivity (Wildman–Crippen MR) is 97.5 cm³/mol. The molecule has 0 aliphatic carbocycles. The van der Waals surface area contributed by atoms with Crippen molar-refractivity contribution in [2.24, 2.45) is 0 Å². The van der Waals surface area contributed by atoms with Gasteiger partial charge in [0, 0.05) is 15.6 Å². The van der Waals surface area contributed by atoms with E-state index in [4.69, 9.17) is 32.7 Å². The lowest BCUT2D eigenvalue weighted by Crippen LogP contribution is -2.12. The molecule has 24 heavy (non-hydrogen) atoms. The Bertz CT molecular complexity index is 773. The van der Waals surface area contributed by atoms with E-state index in [9.17, 15) is 0 Å². The van der Waals surface area contributed by atoms with Gasteiger partial charge >= 0.3 is 0 Å². The van der Waals surface area contributed by atoms with Crippen LogP contribution in [0.15, 0.2) is 78.9 Å². The van der Waals surface area contributed by atoms with Crippen molar-refractivity contribution in [3.63, 3.8) is 0 Å². The summed E-state index contributed by atoms with van der Waals surface area (Å²) in [5.74, 6) is 0.660. The maximum Gasteiger partial charge on any atom is 0.227 e. The molecule has 2 nitrogen and oxygen atoms in total. The maximum absolute atomic E-state index is 6.03. The van der Waals surface area contributed by atoms with Crippen molar-refractivity contribution in [3.8, 4) is 5.75 Å². The van der Waals surface area contributed by atoms with Crippen LogP contribution < -0.4 is 4.74 Å². The van der Waals surface area contributed by atoms with Crippen LogP contribution in [0.25, 0.3) is 0 Å². The second-order valence-electron chi connectivity index (χ2n) is 5.26. The van der Waals surface area contributed by atoms with E-state index in [2.05, 4.69) is 0 Å². The first-order chi connectivity index (χ1) is 11.7. The predicted octanol–water partition coefficient (Wildman–Crippen LogP) is 6.29. The van der Waals surface area contributed by atoms with Crippen LogP contribution in [-0.2, 0) is 11.3 Å². The minimum absolute atomic E-state index is 0.414. The average Bonchev–Trinajstić information content (AvgIpc) is 2.61. The molecule has 3 aromatic carbocycles. The molecule has 4 heteroatoms. The molecule has 0 bridgehead atoms. The van der Waals surface area contributed by atoms with Crippen LogP contribution in [0.4, 0.5) is 0 Å². The van der Waals surface area contributed by atoms with E-state index in [0.29, 0.717) is 22.4 Å². The molecule has 0 aliphatic rings. The van der Waals surface area contributed by atoms with Crippen molar-refractivity contribution in [2.45, 2.75) is 12.9 Å². The van der Waals surface area contributed by atoms with Gasteiger partial charge in [-0.1, -0.05) is 71.7 Å². The lowest BCUT2D eigenvalue weighted by Gasteiger charge is -2.20. The Labute approximate surface area is 151 Å². The summed E-state index contributed by atoms with van der Waals surface area (Å²) in [7, 11) is 0. The Kier molecular flexibility index (Phi) is 5.76. The zero-order valence-electron chi connectivity index (χ0n) is 12.9. The van der Waals surface area contributed by atoms with Crippen LogP contribution in [0, 0.1) is 0 Å². The highest BCUT2D eigenvalue weighted by molar-refractivity contribution is 6.30. The van der Waals surface area contributed by atoms with Crippen LogP contribution in [-0.4, -0.2) is 0 Å². The molecule has 0 saturated carbocycles. The van der Waals surface area contributed by atoms with E-state index in [1.165, 1.54) is 0 Å². The molecule has 0 aliphatic heterocycles. The van der Waals surface area contributed by atoms with Crippen molar-refractivity contribution in [3.05, 3.63) is 100 Å². The molecular formula is C20H16Cl2O2. The van der Waals surface area contributed by atoms with Crippen molar-refractivity contribution in [1.82, 2.24) is 0 Å². The Morgan fingerprint density at radius 1 is 0.750 bits per heavy atom. The summed E-state index contributed by atoms with van der Waals surface area (Å²) in [5.41, 5.74) is 1.96. The molecule has 3 aromatic rings. The molecule has 0 N–H and O–H groups in total. The van der Waals surface area contributed by atoms with Crippen molar-refractivity contribution in [1.29, 1.82) is 0 Å². The Balaban J connectivity index is 1.76. The number of benzene rings is 3. The molecule has 0 aromatic heterocycles. The highest BCUT2D eigenvalue weighted by Crippen LogP contribution is 2.26. The number of halogens is 2. The van der Waals surface area contributed by atoms with Crippen LogP contribution in [0.2, 0.25) is 10.0 Å². The van der Waals surface area contributed by atoms with Gasteiger partial charge in [-0.15, -0.1) is 0 Å². The molecule has 1 atom stereocenters. The number of rotatable bonds is 6. The summed E-state index contributed by atoms with van der Waals surface area (Å²) < 4.78 is 12.0. The fourth-order valence-electron chi connectivity index (χ4n) is 2.22. The third kappa shape index (κ3) is 4.75. The van der Waals surface area contributed by atoms with Gasteiger partial charge < -0.3 is 9.47 Å². The van der Waals surface area contributed by atoms with E-state index < -0.39 is 6.29 Å². The number of hydrogen-bond donors (Lipinski definition) is 0. The van der Waals surface area contributed by atoms with Gasteiger partial charge in [-0.3, -0.25) is 0 Å². The third-order valence-corrected chi connectivity index (χ3v) is 3.91. The average molecular weight is 359 g/mol. The molecule has 3 rings (SSSR count). The lowest BCUT2D eigenvalue weighted by molar-refractivity contribution is -0.0928. The third-order valence-electron chi connectivity index (χ3n) is 3.43. The summed E-state index contributed by atoms with van der Waals surface area (Å²) >= 11 is 11.9. The van der Waals surface area contributed by atoms with Crippen molar-refractivity contribution >= 4 is 23.2 Å². The highest BCUT2D eigenvalue weighted by atomic mass is 35.5. The van der Waals surface area contributed by atoms with Crippen LogP contribution in [0.5, 0.6) is 5.75 Å². The minimum atomic E-state index is -0.527. The first-order valence-electron chi connectivity index (χ1n) is 7.54. The van der Waals surface area contributed by atoms with Crippen LogP contribution in [0.3, 0.4) is 0 Å². The monoisotopic (exact) mass is 358 g/mol. The molecule has 0 spiro atoms. The topological polar surface area (TPSA) is 18.5 Å². The molecule has 0 heterocycles. The summed E-state index contributed by atoms with van der Waals surface area (Å²) in [4.78, 5) is 0.